The number of likely N-dealkylation sites (tertiary alicyclic amines) is 1. The summed E-state index contributed by atoms with van der Waals surface area (Å²) >= 11 is 0. The number of benzene rings is 2. The Morgan fingerprint density at radius 3 is 2.59 bits per heavy atom. The molecule has 1 fully saturated rings. The van der Waals surface area contributed by atoms with Crippen LogP contribution in [0, 0.1) is 0 Å². The average molecular weight is 365 g/mol. The summed E-state index contributed by atoms with van der Waals surface area (Å²) in [4.78, 5) is 26.9. The summed E-state index contributed by atoms with van der Waals surface area (Å²) in [5.74, 6) is 0.0239. The summed E-state index contributed by atoms with van der Waals surface area (Å²) in [6.07, 6.45) is 3.72. The molecule has 1 saturated heterocycles. The van der Waals surface area contributed by atoms with Crippen LogP contribution in [0.2, 0.25) is 0 Å². The van der Waals surface area contributed by atoms with E-state index in [-0.39, 0.29) is 18.0 Å². The van der Waals surface area contributed by atoms with Crippen LogP contribution in [-0.4, -0.2) is 36.0 Å². The molecule has 5 nitrogen and oxygen atoms in total. The molecule has 2 aromatic carbocycles. The second-order valence-corrected chi connectivity index (χ2v) is 6.96. The molecule has 0 aromatic heterocycles. The maximum absolute atomic E-state index is 12.6. The number of amides is 3. The van der Waals surface area contributed by atoms with Gasteiger partial charge in [-0.25, -0.2) is 4.79 Å². The first-order chi connectivity index (χ1) is 13.2. The standard InChI is InChI=1S/C22H27N3O2/c1-2-9-17-10-6-7-14-20(17)24-22(27)23-19-13-8-15-25(16-19)21(26)18-11-4-3-5-12-18/h3-7,10-12,14,19H,2,8-9,13,15-16H2,1H3,(H2,23,24,27). The Morgan fingerprint density at radius 2 is 1.81 bits per heavy atom. The van der Waals surface area contributed by atoms with E-state index >= 15 is 0 Å². The molecule has 3 rings (SSSR count). The SMILES string of the molecule is CCCc1ccccc1NC(=O)NC1CCCN(C(=O)c2ccccc2)C1. The number of hydrogen-bond donors (Lipinski definition) is 2. The van der Waals surface area contributed by atoms with Gasteiger partial charge < -0.3 is 15.5 Å². The predicted octanol–water partition coefficient (Wildman–Crippen LogP) is 4.07. The molecule has 5 heteroatoms. The molecule has 1 aliphatic heterocycles. The van der Waals surface area contributed by atoms with Gasteiger partial charge in [0, 0.05) is 30.4 Å². The van der Waals surface area contributed by atoms with E-state index in [1.165, 1.54) is 0 Å². The van der Waals surface area contributed by atoms with Crippen molar-refractivity contribution in [1.82, 2.24) is 10.2 Å². The molecule has 0 radical (unpaired) electrons. The topological polar surface area (TPSA) is 61.4 Å². The van der Waals surface area contributed by atoms with Crippen molar-refractivity contribution in [2.24, 2.45) is 0 Å². The summed E-state index contributed by atoms with van der Waals surface area (Å²) in [6, 6.07) is 16.9. The van der Waals surface area contributed by atoms with E-state index < -0.39 is 0 Å². The first kappa shape index (κ1) is 19.0. The Balaban J connectivity index is 1.57. The number of rotatable bonds is 5. The maximum atomic E-state index is 12.6. The Hall–Kier alpha value is -2.82. The van der Waals surface area contributed by atoms with Crippen LogP contribution in [-0.2, 0) is 6.42 Å². The molecule has 0 aliphatic carbocycles. The van der Waals surface area contributed by atoms with Gasteiger partial charge in [-0.05, 0) is 43.0 Å². The van der Waals surface area contributed by atoms with Crippen molar-refractivity contribution >= 4 is 17.6 Å². The molecule has 0 bridgehead atoms. The smallest absolute Gasteiger partial charge is 0.319 e. The van der Waals surface area contributed by atoms with Gasteiger partial charge in [-0.3, -0.25) is 4.79 Å². The van der Waals surface area contributed by atoms with Crippen molar-refractivity contribution in [3.8, 4) is 0 Å². The second kappa shape index (κ2) is 9.21. The summed E-state index contributed by atoms with van der Waals surface area (Å²) in [5.41, 5.74) is 2.68. The summed E-state index contributed by atoms with van der Waals surface area (Å²) in [6.45, 7) is 3.39. The molecule has 27 heavy (non-hydrogen) atoms. The summed E-state index contributed by atoms with van der Waals surface area (Å²) in [7, 11) is 0. The van der Waals surface area contributed by atoms with Crippen molar-refractivity contribution in [1.29, 1.82) is 0 Å². The normalized spacial score (nSPS) is 16.6. The van der Waals surface area contributed by atoms with Gasteiger partial charge in [0.2, 0.25) is 0 Å². The van der Waals surface area contributed by atoms with E-state index in [0.29, 0.717) is 12.1 Å². The van der Waals surface area contributed by atoms with E-state index in [1.54, 1.807) is 0 Å². The van der Waals surface area contributed by atoms with E-state index in [9.17, 15) is 9.59 Å². The highest BCUT2D eigenvalue weighted by molar-refractivity contribution is 5.94. The Labute approximate surface area is 160 Å². The number of carbonyl (C=O) groups is 2. The minimum atomic E-state index is -0.211. The van der Waals surface area contributed by atoms with Gasteiger partial charge in [-0.1, -0.05) is 49.7 Å². The Morgan fingerprint density at radius 1 is 1.07 bits per heavy atom. The quantitative estimate of drug-likeness (QED) is 0.839. The minimum absolute atomic E-state index is 0.0239. The molecule has 2 N–H and O–H groups in total. The molecular weight excluding hydrogens is 338 g/mol. The van der Waals surface area contributed by atoms with Crippen LogP contribution in [0.15, 0.2) is 54.6 Å². The number of piperidine rings is 1. The van der Waals surface area contributed by atoms with Gasteiger partial charge in [-0.2, -0.15) is 0 Å². The van der Waals surface area contributed by atoms with E-state index in [0.717, 1.165) is 43.5 Å². The number of nitrogens with one attached hydrogen (secondary N) is 2. The van der Waals surface area contributed by atoms with Gasteiger partial charge in [0.25, 0.3) is 5.91 Å². The Kier molecular flexibility index (Phi) is 6.47. The number of anilines is 1. The van der Waals surface area contributed by atoms with Crippen LogP contribution in [0.1, 0.15) is 42.1 Å². The Bertz CT molecular complexity index is 776. The minimum Gasteiger partial charge on any atom is -0.337 e. The average Bonchev–Trinajstić information content (AvgIpc) is 2.70. The molecule has 2 aromatic rings. The van der Waals surface area contributed by atoms with Crippen molar-refractivity contribution in [2.75, 3.05) is 18.4 Å². The molecule has 3 amide bonds. The number of nitrogens with zero attached hydrogens (tertiary/aromatic N) is 1. The van der Waals surface area contributed by atoms with E-state index in [2.05, 4.69) is 17.6 Å². The molecule has 0 spiro atoms. The third-order valence-corrected chi connectivity index (χ3v) is 4.85. The number of carbonyl (C=O) groups excluding carboxylic acids is 2. The molecular formula is C22H27N3O2. The molecule has 1 atom stereocenters. The highest BCUT2D eigenvalue weighted by Gasteiger charge is 2.25. The predicted molar refractivity (Wildman–Crippen MR) is 108 cm³/mol. The van der Waals surface area contributed by atoms with Crippen LogP contribution in [0.5, 0.6) is 0 Å². The second-order valence-electron chi connectivity index (χ2n) is 6.96. The molecule has 142 valence electrons. The van der Waals surface area contributed by atoms with Gasteiger partial charge in [0.05, 0.1) is 0 Å². The third kappa shape index (κ3) is 5.09. The van der Waals surface area contributed by atoms with Gasteiger partial charge >= 0.3 is 6.03 Å². The number of urea groups is 1. The number of hydrogen-bond acceptors (Lipinski definition) is 2. The number of aryl methyl sites for hydroxylation is 1. The highest BCUT2D eigenvalue weighted by Crippen LogP contribution is 2.18. The van der Waals surface area contributed by atoms with E-state index in [1.807, 2.05) is 59.5 Å². The summed E-state index contributed by atoms with van der Waals surface area (Å²) < 4.78 is 0. The van der Waals surface area contributed by atoms with Crippen molar-refractivity contribution in [3.05, 3.63) is 65.7 Å². The molecule has 0 saturated carbocycles. The first-order valence-electron chi connectivity index (χ1n) is 9.67. The van der Waals surface area contributed by atoms with E-state index in [4.69, 9.17) is 0 Å². The van der Waals surface area contributed by atoms with Crippen molar-refractivity contribution in [3.63, 3.8) is 0 Å². The van der Waals surface area contributed by atoms with Crippen molar-refractivity contribution in [2.45, 2.75) is 38.6 Å². The fraction of sp³-hybridized carbons (Fsp3) is 0.364. The zero-order valence-electron chi connectivity index (χ0n) is 15.8. The van der Waals surface area contributed by atoms with Gasteiger partial charge in [-0.15, -0.1) is 0 Å². The fourth-order valence-electron chi connectivity index (χ4n) is 3.52. The molecule has 1 heterocycles. The monoisotopic (exact) mass is 365 g/mol. The zero-order valence-corrected chi connectivity index (χ0v) is 15.8. The lowest BCUT2D eigenvalue weighted by molar-refractivity contribution is 0.0698. The highest BCUT2D eigenvalue weighted by atomic mass is 16.2. The molecule has 1 aliphatic rings. The third-order valence-electron chi connectivity index (χ3n) is 4.85. The van der Waals surface area contributed by atoms with Crippen LogP contribution < -0.4 is 10.6 Å². The first-order valence-corrected chi connectivity index (χ1v) is 9.67. The largest absolute Gasteiger partial charge is 0.337 e. The van der Waals surface area contributed by atoms with Crippen LogP contribution in [0.3, 0.4) is 0 Å². The van der Waals surface area contributed by atoms with Crippen molar-refractivity contribution < 1.29 is 9.59 Å². The van der Waals surface area contributed by atoms with Crippen LogP contribution >= 0.6 is 0 Å². The molecule has 1 unspecified atom stereocenters. The number of para-hydroxylation sites is 1. The lowest BCUT2D eigenvalue weighted by atomic mass is 10.0. The zero-order chi connectivity index (χ0) is 19.1. The maximum Gasteiger partial charge on any atom is 0.319 e. The lowest BCUT2D eigenvalue weighted by Crippen LogP contribution is -2.50. The summed E-state index contributed by atoms with van der Waals surface area (Å²) in [5, 5.41) is 5.99. The van der Waals surface area contributed by atoms with Crippen LogP contribution in [0.4, 0.5) is 10.5 Å². The van der Waals surface area contributed by atoms with Gasteiger partial charge in [0.1, 0.15) is 0 Å². The lowest BCUT2D eigenvalue weighted by Gasteiger charge is -2.33. The fourth-order valence-corrected chi connectivity index (χ4v) is 3.52. The van der Waals surface area contributed by atoms with Crippen LogP contribution in [0.25, 0.3) is 0 Å². The van der Waals surface area contributed by atoms with Gasteiger partial charge in [0.15, 0.2) is 0 Å².